The number of Topliss-reactive ketones (excluding diaryl/α,β-unsaturated/α-hetero) is 1. The molecule has 0 aromatic carbocycles. The first-order valence-electron chi connectivity index (χ1n) is 10.5. The van der Waals surface area contributed by atoms with Crippen molar-refractivity contribution in [1.29, 1.82) is 0 Å². The van der Waals surface area contributed by atoms with Crippen LogP contribution in [-0.2, 0) is 19.6 Å². The van der Waals surface area contributed by atoms with Gasteiger partial charge in [-0.15, -0.1) is 0 Å². The minimum Gasteiger partial charge on any atom is -0.364 e. The Labute approximate surface area is 212 Å². The summed E-state index contributed by atoms with van der Waals surface area (Å²) in [6.07, 6.45) is -0.609. The fourth-order valence-electron chi connectivity index (χ4n) is 3.42. The van der Waals surface area contributed by atoms with Crippen LogP contribution >= 0.6 is 23.2 Å². The summed E-state index contributed by atoms with van der Waals surface area (Å²) in [5.41, 5.74) is -1.08. The van der Waals surface area contributed by atoms with Crippen molar-refractivity contribution in [3.05, 3.63) is 55.7 Å². The standard InChI is InChI=1S/C22H26Cl2F3N3O4S/c1-5-28-9-8-14(2)21(31)20-19(10-15(23)12-29(20)3)30(13-34-4)35(32,33)16-6-7-18(24)17(11-16)22(25,26)27/h8-11H,5-7,12-13H2,1-4H3/b14-8+,28-9?. The van der Waals surface area contributed by atoms with Crippen LogP contribution in [-0.4, -0.2) is 69.8 Å². The van der Waals surface area contributed by atoms with Gasteiger partial charge >= 0.3 is 6.18 Å². The Morgan fingerprint density at radius 2 is 1.94 bits per heavy atom. The molecule has 1 aliphatic heterocycles. The number of aliphatic imine (C=N–C) groups is 1. The van der Waals surface area contributed by atoms with Crippen LogP contribution in [0.5, 0.6) is 0 Å². The Morgan fingerprint density at radius 3 is 2.51 bits per heavy atom. The van der Waals surface area contributed by atoms with Gasteiger partial charge in [-0.2, -0.15) is 13.2 Å². The maximum atomic E-state index is 13.6. The first-order valence-corrected chi connectivity index (χ1v) is 12.7. The van der Waals surface area contributed by atoms with Crippen molar-refractivity contribution < 1.29 is 31.1 Å². The lowest BCUT2D eigenvalue weighted by molar-refractivity contribution is -0.113. The first kappa shape index (κ1) is 29.2. The largest absolute Gasteiger partial charge is 0.417 e. The lowest BCUT2D eigenvalue weighted by Crippen LogP contribution is -2.39. The van der Waals surface area contributed by atoms with Crippen molar-refractivity contribution in [1.82, 2.24) is 9.21 Å². The third-order valence-electron chi connectivity index (χ3n) is 5.12. The molecule has 0 amide bonds. The van der Waals surface area contributed by atoms with Crippen LogP contribution in [0.25, 0.3) is 0 Å². The summed E-state index contributed by atoms with van der Waals surface area (Å²) in [4.78, 5) is 18.3. The Hall–Kier alpha value is -2.08. The van der Waals surface area contributed by atoms with E-state index in [0.29, 0.717) is 12.6 Å². The number of carbonyl (C=O) groups excluding carboxylic acids is 1. The van der Waals surface area contributed by atoms with Crippen molar-refractivity contribution in [3.8, 4) is 0 Å². The maximum absolute atomic E-state index is 13.6. The number of methoxy groups -OCH3 is 1. The predicted molar refractivity (Wildman–Crippen MR) is 130 cm³/mol. The summed E-state index contributed by atoms with van der Waals surface area (Å²) in [7, 11) is -1.79. The fraction of sp³-hybridized carbons (Fsp3) is 0.455. The van der Waals surface area contributed by atoms with Crippen molar-refractivity contribution in [2.45, 2.75) is 32.9 Å². The van der Waals surface area contributed by atoms with E-state index >= 15 is 0 Å². The molecule has 0 saturated carbocycles. The number of hydrogen-bond donors (Lipinski definition) is 0. The van der Waals surface area contributed by atoms with Crippen LogP contribution in [0.3, 0.4) is 0 Å². The number of ether oxygens (including phenoxy) is 1. The summed E-state index contributed by atoms with van der Waals surface area (Å²) in [6, 6.07) is 0. The molecule has 0 atom stereocenters. The van der Waals surface area contributed by atoms with Gasteiger partial charge in [0.2, 0.25) is 5.78 Å². The first-order chi connectivity index (χ1) is 16.2. The third-order valence-corrected chi connectivity index (χ3v) is 7.61. The number of allylic oxidation sites excluding steroid dienone is 7. The minimum atomic E-state index is -4.83. The number of carbonyl (C=O) groups is 1. The molecule has 0 spiro atoms. The van der Waals surface area contributed by atoms with E-state index in [2.05, 4.69) is 4.99 Å². The van der Waals surface area contributed by atoms with Gasteiger partial charge in [0.25, 0.3) is 10.0 Å². The molecule has 13 heteroatoms. The predicted octanol–water partition coefficient (Wildman–Crippen LogP) is 4.84. The second kappa shape index (κ2) is 11.8. The van der Waals surface area contributed by atoms with E-state index in [1.165, 1.54) is 30.4 Å². The second-order valence-corrected chi connectivity index (χ2v) is 10.6. The molecule has 1 heterocycles. The van der Waals surface area contributed by atoms with Crippen molar-refractivity contribution in [2.75, 3.05) is 34.0 Å². The molecule has 7 nitrogen and oxygen atoms in total. The fourth-order valence-corrected chi connectivity index (χ4v) is 5.51. The highest BCUT2D eigenvalue weighted by Gasteiger charge is 2.40. The molecular formula is C22H26Cl2F3N3O4S. The van der Waals surface area contributed by atoms with Gasteiger partial charge in [-0.05, 0) is 44.9 Å². The molecule has 35 heavy (non-hydrogen) atoms. The highest BCUT2D eigenvalue weighted by atomic mass is 35.5. The normalized spacial score (nSPS) is 18.3. The molecule has 0 aromatic rings. The van der Waals surface area contributed by atoms with Crippen LogP contribution in [0, 0.1) is 0 Å². The van der Waals surface area contributed by atoms with E-state index in [-0.39, 0.29) is 41.4 Å². The number of hydrogen-bond acceptors (Lipinski definition) is 6. The van der Waals surface area contributed by atoms with Crippen molar-refractivity contribution in [2.24, 2.45) is 4.99 Å². The highest BCUT2D eigenvalue weighted by Crippen LogP contribution is 2.40. The molecule has 2 aliphatic rings. The van der Waals surface area contributed by atoms with Crippen molar-refractivity contribution in [3.63, 3.8) is 0 Å². The highest BCUT2D eigenvalue weighted by molar-refractivity contribution is 7.93. The summed E-state index contributed by atoms with van der Waals surface area (Å²) in [5, 5.41) is -0.249. The summed E-state index contributed by atoms with van der Waals surface area (Å²) >= 11 is 12.0. The van der Waals surface area contributed by atoms with Gasteiger partial charge in [0.05, 0.1) is 22.7 Å². The van der Waals surface area contributed by atoms with Gasteiger partial charge in [0.15, 0.2) is 0 Å². The molecule has 0 fully saturated rings. The SMILES string of the molecule is CCN=C/C=C(\C)C(=O)C1=C(N(COC)S(=O)(=O)C2=CC(C(F)(F)F)=C(Cl)CC2)C=C(Cl)CN1C. The molecule has 0 radical (unpaired) electrons. The van der Waals surface area contributed by atoms with Gasteiger partial charge in [-0.25, -0.2) is 12.7 Å². The third kappa shape index (κ3) is 6.78. The van der Waals surface area contributed by atoms with Gasteiger partial charge in [0, 0.05) is 42.6 Å². The molecule has 0 N–H and O–H groups in total. The van der Waals surface area contributed by atoms with Crippen LogP contribution in [0.4, 0.5) is 13.2 Å². The molecule has 0 bridgehead atoms. The number of alkyl halides is 3. The zero-order valence-electron chi connectivity index (χ0n) is 19.6. The molecule has 1 aliphatic carbocycles. The topological polar surface area (TPSA) is 79.3 Å². The molecule has 0 aromatic heterocycles. The summed E-state index contributed by atoms with van der Waals surface area (Å²) < 4.78 is 73.3. The van der Waals surface area contributed by atoms with Crippen LogP contribution in [0.2, 0.25) is 0 Å². The Kier molecular flexibility index (Phi) is 9.80. The zero-order chi connectivity index (χ0) is 26.6. The van der Waals surface area contributed by atoms with Gasteiger partial charge in [0.1, 0.15) is 12.4 Å². The average molecular weight is 556 g/mol. The molecule has 2 rings (SSSR count). The smallest absolute Gasteiger partial charge is 0.364 e. The van der Waals surface area contributed by atoms with Crippen molar-refractivity contribution >= 4 is 45.2 Å². The molecule has 0 saturated heterocycles. The van der Waals surface area contributed by atoms with E-state index in [4.69, 9.17) is 27.9 Å². The van der Waals surface area contributed by atoms with Crippen LogP contribution < -0.4 is 0 Å². The monoisotopic (exact) mass is 555 g/mol. The quantitative estimate of drug-likeness (QED) is 0.231. The zero-order valence-corrected chi connectivity index (χ0v) is 21.9. The molecular weight excluding hydrogens is 530 g/mol. The number of halogens is 5. The Balaban J connectivity index is 2.71. The van der Waals surface area contributed by atoms with E-state index < -0.39 is 44.2 Å². The number of ketones is 1. The average Bonchev–Trinajstić information content (AvgIpc) is 2.75. The van der Waals surface area contributed by atoms with Gasteiger partial charge < -0.3 is 9.64 Å². The minimum absolute atomic E-state index is 0.00491. The Morgan fingerprint density at radius 1 is 1.29 bits per heavy atom. The van der Waals surface area contributed by atoms with E-state index in [9.17, 15) is 26.4 Å². The summed E-state index contributed by atoms with van der Waals surface area (Å²) in [6.45, 7) is 3.44. The van der Waals surface area contributed by atoms with Crippen LogP contribution in [0.15, 0.2) is 60.7 Å². The van der Waals surface area contributed by atoms with Gasteiger partial charge in [-0.1, -0.05) is 23.2 Å². The number of likely N-dealkylation sites (N-methyl/N-ethyl adjacent to an activating group) is 1. The molecule has 194 valence electrons. The van der Waals surface area contributed by atoms with E-state index in [1.807, 2.05) is 6.92 Å². The van der Waals surface area contributed by atoms with E-state index in [1.54, 1.807) is 14.0 Å². The number of nitrogens with zero attached hydrogens (tertiary/aromatic N) is 3. The Bertz CT molecular complexity index is 1150. The number of sulfonamides is 1. The van der Waals surface area contributed by atoms with Crippen LogP contribution in [0.1, 0.15) is 26.7 Å². The summed E-state index contributed by atoms with van der Waals surface area (Å²) in [5.74, 6) is -0.502. The second-order valence-electron chi connectivity index (χ2n) is 7.71. The van der Waals surface area contributed by atoms with E-state index in [0.717, 1.165) is 4.31 Å². The lowest BCUT2D eigenvalue weighted by atomic mass is 10.0. The lowest BCUT2D eigenvalue weighted by Gasteiger charge is -2.34. The maximum Gasteiger partial charge on any atom is 0.417 e. The number of rotatable bonds is 9. The molecule has 0 unspecified atom stereocenters. The van der Waals surface area contributed by atoms with Gasteiger partial charge in [-0.3, -0.25) is 9.79 Å².